The number of carbonyl (C=O) groups is 3. The first-order chi connectivity index (χ1) is 17.7. The number of carbonyl (C=O) groups excluding carboxylic acids is 3. The Kier molecular flexibility index (Phi) is 8.73. The third kappa shape index (κ3) is 6.00. The molecule has 0 saturated carbocycles. The second kappa shape index (κ2) is 11.9. The Labute approximate surface area is 214 Å². The smallest absolute Gasteiger partial charge is 0.329 e. The fourth-order valence-electron chi connectivity index (χ4n) is 4.24. The summed E-state index contributed by atoms with van der Waals surface area (Å²) in [7, 11) is 2.39. The first kappa shape index (κ1) is 27.1. The number of non-ortho nitro benzene ring substituents is 1. The molecule has 3 rings (SSSR count). The molecular formula is C28H28N2O7. The van der Waals surface area contributed by atoms with Crippen LogP contribution in [0.2, 0.25) is 0 Å². The van der Waals surface area contributed by atoms with Gasteiger partial charge in [0.25, 0.3) is 5.69 Å². The number of rotatable bonds is 10. The monoisotopic (exact) mass is 504 g/mol. The summed E-state index contributed by atoms with van der Waals surface area (Å²) in [6, 6.07) is 22.4. The Morgan fingerprint density at radius 2 is 1.38 bits per heavy atom. The van der Waals surface area contributed by atoms with Crippen molar-refractivity contribution in [1.29, 1.82) is 0 Å². The van der Waals surface area contributed by atoms with E-state index < -0.39 is 40.1 Å². The minimum Gasteiger partial charge on any atom is -0.469 e. The van der Waals surface area contributed by atoms with Crippen LogP contribution in [0.25, 0.3) is 0 Å². The van der Waals surface area contributed by atoms with Crippen LogP contribution in [-0.4, -0.2) is 43.0 Å². The minimum absolute atomic E-state index is 0.153. The van der Waals surface area contributed by atoms with Gasteiger partial charge in [-0.3, -0.25) is 19.7 Å². The largest absolute Gasteiger partial charge is 0.469 e. The predicted molar refractivity (Wildman–Crippen MR) is 136 cm³/mol. The second-order valence-electron chi connectivity index (χ2n) is 8.57. The Morgan fingerprint density at radius 1 is 0.865 bits per heavy atom. The van der Waals surface area contributed by atoms with Gasteiger partial charge in [0.15, 0.2) is 0 Å². The number of hydrogen-bond acceptors (Lipinski definition) is 7. The summed E-state index contributed by atoms with van der Waals surface area (Å²) in [4.78, 5) is 49.9. The Bertz CT molecular complexity index is 1210. The fourth-order valence-corrected chi connectivity index (χ4v) is 4.24. The van der Waals surface area contributed by atoms with Crippen LogP contribution in [0.5, 0.6) is 0 Å². The Morgan fingerprint density at radius 3 is 1.81 bits per heavy atom. The molecule has 37 heavy (non-hydrogen) atoms. The van der Waals surface area contributed by atoms with Crippen molar-refractivity contribution in [3.8, 4) is 0 Å². The minimum atomic E-state index is -1.29. The van der Waals surface area contributed by atoms with Crippen molar-refractivity contribution in [2.24, 2.45) is 0 Å². The highest BCUT2D eigenvalue weighted by Gasteiger charge is 2.42. The Hall–Kier alpha value is -4.53. The van der Waals surface area contributed by atoms with E-state index >= 15 is 0 Å². The molecule has 9 heteroatoms. The van der Waals surface area contributed by atoms with Crippen LogP contribution in [0.4, 0.5) is 5.69 Å². The number of esters is 2. The van der Waals surface area contributed by atoms with E-state index in [-0.39, 0.29) is 12.1 Å². The lowest BCUT2D eigenvalue weighted by molar-refractivity contribution is -0.384. The summed E-state index contributed by atoms with van der Waals surface area (Å²) in [5.41, 5.74) is 0.470. The fraction of sp³-hybridized carbons (Fsp3) is 0.250. The van der Waals surface area contributed by atoms with Crippen molar-refractivity contribution in [3.63, 3.8) is 0 Å². The molecular weight excluding hydrogens is 476 g/mol. The molecule has 0 aliphatic rings. The van der Waals surface area contributed by atoms with Gasteiger partial charge < -0.3 is 14.8 Å². The van der Waals surface area contributed by atoms with Crippen molar-refractivity contribution in [3.05, 3.63) is 112 Å². The highest BCUT2D eigenvalue weighted by molar-refractivity contribution is 5.95. The maximum atomic E-state index is 14.0. The average Bonchev–Trinajstić information content (AvgIpc) is 2.94. The quantitative estimate of drug-likeness (QED) is 0.252. The number of methoxy groups -OCH3 is 2. The number of amides is 1. The lowest BCUT2D eigenvalue weighted by atomic mass is 9.75. The van der Waals surface area contributed by atoms with Crippen LogP contribution in [0, 0.1) is 10.1 Å². The molecule has 0 fully saturated rings. The molecule has 1 N–H and O–H groups in total. The zero-order valence-electron chi connectivity index (χ0n) is 20.7. The number of hydrogen-bond donors (Lipinski definition) is 1. The number of benzene rings is 3. The van der Waals surface area contributed by atoms with Crippen molar-refractivity contribution in [2.75, 3.05) is 14.2 Å². The zero-order valence-corrected chi connectivity index (χ0v) is 20.7. The van der Waals surface area contributed by atoms with Gasteiger partial charge >= 0.3 is 11.9 Å². The van der Waals surface area contributed by atoms with E-state index in [0.29, 0.717) is 16.7 Å². The molecule has 0 aromatic heterocycles. The molecule has 0 radical (unpaired) electrons. The second-order valence-corrected chi connectivity index (χ2v) is 8.57. The van der Waals surface area contributed by atoms with Gasteiger partial charge in [0.2, 0.25) is 5.91 Å². The predicted octanol–water partition coefficient (Wildman–Crippen LogP) is 3.91. The summed E-state index contributed by atoms with van der Waals surface area (Å²) in [5, 5.41) is 13.9. The number of nitrogens with one attached hydrogen (secondary N) is 1. The maximum absolute atomic E-state index is 14.0. The third-order valence-corrected chi connectivity index (χ3v) is 6.45. The summed E-state index contributed by atoms with van der Waals surface area (Å²) in [5.74, 6) is -2.80. The molecule has 0 bridgehead atoms. The average molecular weight is 505 g/mol. The summed E-state index contributed by atoms with van der Waals surface area (Å²) in [6.45, 7) is 1.75. The van der Waals surface area contributed by atoms with Crippen LogP contribution in [0.15, 0.2) is 84.9 Å². The SMILES string of the molecule is COC(=O)C[C@H](c1ccc([N+](=O)[O-])cc1)[C@@H](NC(=O)C(C)(c1ccccc1)c1ccccc1)C(=O)OC. The van der Waals surface area contributed by atoms with Gasteiger partial charge in [-0.05, 0) is 23.6 Å². The van der Waals surface area contributed by atoms with E-state index in [1.807, 2.05) is 60.7 Å². The van der Waals surface area contributed by atoms with Crippen molar-refractivity contribution < 1.29 is 28.8 Å². The number of nitrogens with zero attached hydrogens (tertiary/aromatic N) is 1. The first-order valence-corrected chi connectivity index (χ1v) is 11.5. The van der Waals surface area contributed by atoms with Gasteiger partial charge in [-0.25, -0.2) is 4.79 Å². The molecule has 3 aromatic rings. The van der Waals surface area contributed by atoms with Crippen LogP contribution in [0.1, 0.15) is 36.0 Å². The Balaban J connectivity index is 2.08. The van der Waals surface area contributed by atoms with Gasteiger partial charge in [0.1, 0.15) is 6.04 Å². The molecule has 3 aromatic carbocycles. The van der Waals surface area contributed by atoms with Gasteiger partial charge in [-0.1, -0.05) is 72.8 Å². The van der Waals surface area contributed by atoms with E-state index in [1.165, 1.54) is 38.5 Å². The first-order valence-electron chi connectivity index (χ1n) is 11.5. The van der Waals surface area contributed by atoms with Crippen LogP contribution in [-0.2, 0) is 29.3 Å². The molecule has 1 amide bonds. The third-order valence-electron chi connectivity index (χ3n) is 6.45. The zero-order chi connectivity index (χ0) is 27.0. The van der Waals surface area contributed by atoms with Crippen LogP contribution < -0.4 is 5.32 Å². The summed E-state index contributed by atoms with van der Waals surface area (Å²) in [6.07, 6.45) is -0.276. The van der Waals surface area contributed by atoms with Crippen LogP contribution >= 0.6 is 0 Å². The van der Waals surface area contributed by atoms with E-state index in [1.54, 1.807) is 6.92 Å². The number of ether oxygens (including phenoxy) is 2. The standard InChI is InChI=1S/C28H28N2O7/c1-28(20-10-6-4-7-11-20,21-12-8-5-9-13-21)27(33)29-25(26(32)37-3)23(18-24(31)36-2)19-14-16-22(17-15-19)30(34)35/h4-17,23,25H,18H2,1-3H3,(H,29,33)/t23-,25-/m1/s1. The maximum Gasteiger partial charge on any atom is 0.329 e. The van der Waals surface area contributed by atoms with E-state index in [0.717, 1.165) is 0 Å². The molecule has 2 atom stereocenters. The van der Waals surface area contributed by atoms with Gasteiger partial charge in [0, 0.05) is 18.1 Å². The van der Waals surface area contributed by atoms with Crippen molar-refractivity contribution in [2.45, 2.75) is 30.7 Å². The number of nitro benzene ring substituents is 1. The normalized spacial score (nSPS) is 12.6. The lowest BCUT2D eigenvalue weighted by Crippen LogP contribution is -2.52. The van der Waals surface area contributed by atoms with E-state index in [4.69, 9.17) is 9.47 Å². The molecule has 0 spiro atoms. The van der Waals surface area contributed by atoms with Gasteiger partial charge in [-0.15, -0.1) is 0 Å². The summed E-state index contributed by atoms with van der Waals surface area (Å²) >= 11 is 0. The van der Waals surface area contributed by atoms with Crippen molar-refractivity contribution in [1.82, 2.24) is 5.32 Å². The molecule has 0 saturated heterocycles. The van der Waals surface area contributed by atoms with Crippen molar-refractivity contribution >= 4 is 23.5 Å². The van der Waals surface area contributed by atoms with E-state index in [2.05, 4.69) is 5.32 Å². The molecule has 0 aliphatic heterocycles. The molecule has 0 unspecified atom stereocenters. The molecule has 192 valence electrons. The topological polar surface area (TPSA) is 125 Å². The highest BCUT2D eigenvalue weighted by atomic mass is 16.6. The summed E-state index contributed by atoms with van der Waals surface area (Å²) < 4.78 is 9.83. The van der Waals surface area contributed by atoms with Gasteiger partial charge in [-0.2, -0.15) is 0 Å². The van der Waals surface area contributed by atoms with E-state index in [9.17, 15) is 24.5 Å². The lowest BCUT2D eigenvalue weighted by Gasteiger charge is -2.33. The van der Waals surface area contributed by atoms with Gasteiger partial charge in [0.05, 0.1) is 31.0 Å². The molecule has 0 aliphatic carbocycles. The molecule has 0 heterocycles. The van der Waals surface area contributed by atoms with Crippen LogP contribution in [0.3, 0.4) is 0 Å². The molecule has 9 nitrogen and oxygen atoms in total. The number of nitro groups is 1. The highest BCUT2D eigenvalue weighted by Crippen LogP contribution is 2.34.